The van der Waals surface area contributed by atoms with Crippen molar-refractivity contribution in [2.24, 2.45) is 0 Å². The van der Waals surface area contributed by atoms with Crippen LogP contribution in [0.4, 0.5) is 0 Å². The third-order valence-corrected chi connectivity index (χ3v) is 2.27. The first-order chi connectivity index (χ1) is 8.24. The lowest BCUT2D eigenvalue weighted by molar-refractivity contribution is 0.743. The molecule has 0 amide bonds. The largest absolute Gasteiger partial charge is 0.315 e. The van der Waals surface area contributed by atoms with E-state index in [-0.39, 0.29) is 11.4 Å². The van der Waals surface area contributed by atoms with Crippen LogP contribution in [0, 0.1) is 22.7 Å². The Bertz CT molecular complexity index is 616. The highest BCUT2D eigenvalue weighted by Gasteiger charge is 2.10. The Hall–Kier alpha value is -2.44. The second kappa shape index (κ2) is 4.60. The molecule has 0 radical (unpaired) electrons. The van der Waals surface area contributed by atoms with Gasteiger partial charge in [-0.2, -0.15) is 15.6 Å². The molecule has 0 aliphatic heterocycles. The molecule has 2 aromatic heterocycles. The van der Waals surface area contributed by atoms with E-state index in [1.54, 1.807) is 12.1 Å². The van der Waals surface area contributed by atoms with Crippen molar-refractivity contribution in [3.8, 4) is 12.1 Å². The molecule has 0 spiro atoms. The molecule has 0 unspecified atom stereocenters. The van der Waals surface area contributed by atoms with Crippen LogP contribution in [0.5, 0.6) is 0 Å². The van der Waals surface area contributed by atoms with Crippen LogP contribution in [-0.4, -0.2) is 19.7 Å². The maximum atomic E-state index is 8.92. The molecule has 2 aromatic rings. The number of imidazole rings is 1. The van der Waals surface area contributed by atoms with E-state index in [9.17, 15) is 0 Å². The van der Waals surface area contributed by atoms with Gasteiger partial charge in [0, 0.05) is 0 Å². The SMILES string of the molecule is N#Cc1ncn(Cc2ccc(Cl)nn2)c1C#N. The molecule has 17 heavy (non-hydrogen) atoms. The van der Waals surface area contributed by atoms with E-state index >= 15 is 0 Å². The fraction of sp³-hybridized carbons (Fsp3) is 0.100. The third kappa shape index (κ3) is 2.22. The number of hydrogen-bond acceptors (Lipinski definition) is 5. The Labute approximate surface area is 102 Å². The molecule has 7 heteroatoms. The van der Waals surface area contributed by atoms with Gasteiger partial charge in [0.15, 0.2) is 16.5 Å². The van der Waals surface area contributed by atoms with Crippen LogP contribution in [0.15, 0.2) is 18.5 Å². The minimum Gasteiger partial charge on any atom is -0.315 e. The Kier molecular flexibility index (Phi) is 2.99. The number of hydrogen-bond donors (Lipinski definition) is 0. The topological polar surface area (TPSA) is 91.2 Å². The summed E-state index contributed by atoms with van der Waals surface area (Å²) in [6.07, 6.45) is 1.42. The molecule has 0 N–H and O–H groups in total. The summed E-state index contributed by atoms with van der Waals surface area (Å²) in [5.74, 6) is 0. The summed E-state index contributed by atoms with van der Waals surface area (Å²) >= 11 is 5.61. The summed E-state index contributed by atoms with van der Waals surface area (Å²) in [4.78, 5) is 3.82. The van der Waals surface area contributed by atoms with Crippen molar-refractivity contribution in [2.45, 2.75) is 6.54 Å². The zero-order valence-electron chi connectivity index (χ0n) is 8.50. The van der Waals surface area contributed by atoms with Crippen LogP contribution in [0.1, 0.15) is 17.1 Å². The lowest BCUT2D eigenvalue weighted by atomic mass is 10.3. The first kappa shape index (κ1) is 11.1. The van der Waals surface area contributed by atoms with E-state index in [0.717, 1.165) is 0 Å². The van der Waals surface area contributed by atoms with Crippen molar-refractivity contribution in [1.82, 2.24) is 19.7 Å². The number of halogens is 1. The Morgan fingerprint density at radius 1 is 1.24 bits per heavy atom. The van der Waals surface area contributed by atoms with Crippen molar-refractivity contribution in [1.29, 1.82) is 10.5 Å². The minimum absolute atomic E-state index is 0.106. The summed E-state index contributed by atoms with van der Waals surface area (Å²) in [7, 11) is 0. The number of rotatable bonds is 2. The van der Waals surface area contributed by atoms with E-state index in [2.05, 4.69) is 15.2 Å². The molecule has 0 saturated carbocycles. The third-order valence-electron chi connectivity index (χ3n) is 2.07. The van der Waals surface area contributed by atoms with Gasteiger partial charge in [-0.05, 0) is 12.1 Å². The molecule has 2 rings (SSSR count). The van der Waals surface area contributed by atoms with Gasteiger partial charge in [0.2, 0.25) is 0 Å². The summed E-state index contributed by atoms with van der Waals surface area (Å²) in [5.41, 5.74) is 0.950. The maximum Gasteiger partial charge on any atom is 0.176 e. The van der Waals surface area contributed by atoms with Crippen LogP contribution in [0.25, 0.3) is 0 Å². The summed E-state index contributed by atoms with van der Waals surface area (Å²) < 4.78 is 1.54. The van der Waals surface area contributed by atoms with Crippen molar-refractivity contribution >= 4 is 11.6 Å². The van der Waals surface area contributed by atoms with E-state index in [4.69, 9.17) is 22.1 Å². The monoisotopic (exact) mass is 244 g/mol. The van der Waals surface area contributed by atoms with Gasteiger partial charge in [-0.25, -0.2) is 4.98 Å². The Morgan fingerprint density at radius 3 is 2.65 bits per heavy atom. The summed E-state index contributed by atoms with van der Waals surface area (Å²) in [5, 5.41) is 25.5. The number of nitrogens with zero attached hydrogens (tertiary/aromatic N) is 6. The van der Waals surface area contributed by atoms with Crippen molar-refractivity contribution in [2.75, 3.05) is 0 Å². The van der Waals surface area contributed by atoms with Crippen molar-refractivity contribution < 1.29 is 0 Å². The maximum absolute atomic E-state index is 8.92. The minimum atomic E-state index is 0.106. The predicted octanol–water partition coefficient (Wildman–Crippen LogP) is 1.12. The lowest BCUT2D eigenvalue weighted by Gasteiger charge is -2.01. The molecule has 82 valence electrons. The Morgan fingerprint density at radius 2 is 2.06 bits per heavy atom. The second-order valence-electron chi connectivity index (χ2n) is 3.14. The van der Waals surface area contributed by atoms with E-state index in [1.165, 1.54) is 10.9 Å². The summed E-state index contributed by atoms with van der Waals surface area (Å²) in [6.45, 7) is 0.321. The molecule has 0 aromatic carbocycles. The van der Waals surface area contributed by atoms with Gasteiger partial charge in [-0.3, -0.25) is 0 Å². The smallest absolute Gasteiger partial charge is 0.176 e. The molecule has 0 bridgehead atoms. The fourth-order valence-electron chi connectivity index (χ4n) is 1.30. The first-order valence-electron chi connectivity index (χ1n) is 4.58. The van der Waals surface area contributed by atoms with Gasteiger partial charge in [-0.1, -0.05) is 11.6 Å². The first-order valence-corrected chi connectivity index (χ1v) is 4.96. The van der Waals surface area contributed by atoms with E-state index in [0.29, 0.717) is 17.4 Å². The number of nitriles is 2. The lowest BCUT2D eigenvalue weighted by Crippen LogP contribution is -2.04. The van der Waals surface area contributed by atoms with Gasteiger partial charge in [0.05, 0.1) is 18.6 Å². The zero-order chi connectivity index (χ0) is 12.3. The van der Waals surface area contributed by atoms with Gasteiger partial charge >= 0.3 is 0 Å². The van der Waals surface area contributed by atoms with E-state index < -0.39 is 0 Å². The molecule has 0 fully saturated rings. The molecule has 0 atom stereocenters. The Balaban J connectivity index is 2.31. The van der Waals surface area contributed by atoms with Gasteiger partial charge in [0.25, 0.3) is 0 Å². The predicted molar refractivity (Wildman–Crippen MR) is 57.8 cm³/mol. The standard InChI is InChI=1S/C10H5ClN6/c11-10-2-1-7(15-16-10)5-17-6-14-8(3-12)9(17)4-13/h1-2,6H,5H2. The van der Waals surface area contributed by atoms with Gasteiger partial charge in [-0.15, -0.1) is 5.10 Å². The molecule has 6 nitrogen and oxygen atoms in total. The van der Waals surface area contributed by atoms with Crippen LogP contribution >= 0.6 is 11.6 Å². The summed E-state index contributed by atoms with van der Waals surface area (Å²) in [6, 6.07) is 7.09. The van der Waals surface area contributed by atoms with Crippen molar-refractivity contribution in [3.05, 3.63) is 40.7 Å². The van der Waals surface area contributed by atoms with Gasteiger partial charge < -0.3 is 4.57 Å². The molecular weight excluding hydrogens is 240 g/mol. The average molecular weight is 245 g/mol. The quantitative estimate of drug-likeness (QED) is 0.789. The fourth-order valence-corrected chi connectivity index (χ4v) is 1.40. The second-order valence-corrected chi connectivity index (χ2v) is 3.53. The van der Waals surface area contributed by atoms with Crippen LogP contribution in [-0.2, 0) is 6.54 Å². The van der Waals surface area contributed by atoms with Gasteiger partial charge in [0.1, 0.15) is 12.1 Å². The molecule has 0 aliphatic carbocycles. The van der Waals surface area contributed by atoms with Crippen LogP contribution < -0.4 is 0 Å². The zero-order valence-corrected chi connectivity index (χ0v) is 9.26. The van der Waals surface area contributed by atoms with E-state index in [1.807, 2.05) is 12.1 Å². The highest BCUT2D eigenvalue weighted by atomic mass is 35.5. The highest BCUT2D eigenvalue weighted by Crippen LogP contribution is 2.08. The molecular formula is C10H5ClN6. The molecule has 0 saturated heterocycles. The highest BCUT2D eigenvalue weighted by molar-refractivity contribution is 6.29. The molecule has 0 aliphatic rings. The molecule has 2 heterocycles. The average Bonchev–Trinajstić information content (AvgIpc) is 2.74. The van der Waals surface area contributed by atoms with Crippen LogP contribution in [0.3, 0.4) is 0 Å². The normalized spacial score (nSPS) is 9.59. The van der Waals surface area contributed by atoms with Crippen molar-refractivity contribution in [3.63, 3.8) is 0 Å². The van der Waals surface area contributed by atoms with Crippen LogP contribution in [0.2, 0.25) is 5.15 Å². The number of aromatic nitrogens is 4.